The molecule has 0 saturated carbocycles. The summed E-state index contributed by atoms with van der Waals surface area (Å²) < 4.78 is 0. The summed E-state index contributed by atoms with van der Waals surface area (Å²) in [6.45, 7) is 1.95. The summed E-state index contributed by atoms with van der Waals surface area (Å²) in [5.74, 6) is -0.142. The summed E-state index contributed by atoms with van der Waals surface area (Å²) in [7, 11) is 0. The van der Waals surface area contributed by atoms with Crippen LogP contribution in [-0.2, 0) is 10.3 Å². The molecule has 0 aliphatic carbocycles. The minimum Gasteiger partial charge on any atom is -0.322 e. The van der Waals surface area contributed by atoms with Crippen molar-refractivity contribution in [3.63, 3.8) is 0 Å². The minimum absolute atomic E-state index is 0.142. The first-order chi connectivity index (χ1) is 15.6. The molecule has 1 atom stereocenters. The van der Waals surface area contributed by atoms with Gasteiger partial charge in [-0.2, -0.15) is 5.10 Å². The molecule has 2 aliphatic heterocycles. The molecule has 156 valence electrons. The molecule has 4 aromatic rings. The van der Waals surface area contributed by atoms with E-state index in [1.807, 2.05) is 66.5 Å². The molecule has 0 radical (unpaired) electrons. The van der Waals surface area contributed by atoms with Crippen LogP contribution in [0.15, 0.2) is 78.0 Å². The smallest absolute Gasteiger partial charge is 0.257 e. The Kier molecular flexibility index (Phi) is 4.07. The fraction of sp³-hybridized carbons (Fsp3) is 0.120. The number of benzene rings is 2. The average molecular weight is 440 g/mol. The number of hydrogen-bond acceptors (Lipinski definition) is 5. The number of nitrogens with one attached hydrogen (secondary N) is 1. The summed E-state index contributed by atoms with van der Waals surface area (Å²) in [6, 6.07) is 21.3. The summed E-state index contributed by atoms with van der Waals surface area (Å²) in [6.07, 6.45) is 2.13. The van der Waals surface area contributed by atoms with E-state index >= 15 is 0 Å². The van der Waals surface area contributed by atoms with Crippen LogP contribution in [0.3, 0.4) is 0 Å². The number of aromatic nitrogens is 2. The summed E-state index contributed by atoms with van der Waals surface area (Å²) in [4.78, 5) is 22.6. The molecule has 32 heavy (non-hydrogen) atoms. The molecule has 6 nitrogen and oxygen atoms in total. The molecule has 0 fully saturated rings. The van der Waals surface area contributed by atoms with Crippen LogP contribution < -0.4 is 10.3 Å². The lowest BCUT2D eigenvalue weighted by Gasteiger charge is -2.32. The van der Waals surface area contributed by atoms with Gasteiger partial charge in [-0.1, -0.05) is 41.9 Å². The van der Waals surface area contributed by atoms with E-state index in [1.54, 1.807) is 12.3 Å². The third-order valence-electron chi connectivity index (χ3n) is 6.17. The number of pyridine rings is 2. The summed E-state index contributed by atoms with van der Waals surface area (Å²) in [5, 5.41) is 11.3. The van der Waals surface area contributed by atoms with Gasteiger partial charge in [0.25, 0.3) is 5.91 Å². The van der Waals surface area contributed by atoms with Gasteiger partial charge in [-0.05, 0) is 43.3 Å². The van der Waals surface area contributed by atoms with Gasteiger partial charge in [0, 0.05) is 34.8 Å². The number of halogens is 1. The van der Waals surface area contributed by atoms with E-state index in [9.17, 15) is 4.79 Å². The Bertz CT molecular complexity index is 1440. The van der Waals surface area contributed by atoms with E-state index in [2.05, 4.69) is 21.4 Å². The van der Waals surface area contributed by atoms with Crippen molar-refractivity contribution in [2.24, 2.45) is 5.10 Å². The van der Waals surface area contributed by atoms with Crippen LogP contribution in [-0.4, -0.2) is 21.6 Å². The second-order valence-corrected chi connectivity index (χ2v) is 8.43. The van der Waals surface area contributed by atoms with Gasteiger partial charge in [-0.3, -0.25) is 4.79 Å². The van der Waals surface area contributed by atoms with Gasteiger partial charge >= 0.3 is 0 Å². The topological polar surface area (TPSA) is 70.5 Å². The van der Waals surface area contributed by atoms with Crippen LogP contribution in [0, 0.1) is 6.92 Å². The van der Waals surface area contributed by atoms with Gasteiger partial charge in [-0.25, -0.2) is 15.0 Å². The maximum Gasteiger partial charge on any atom is 0.257 e. The largest absolute Gasteiger partial charge is 0.322 e. The van der Waals surface area contributed by atoms with Gasteiger partial charge < -0.3 is 5.32 Å². The van der Waals surface area contributed by atoms with Crippen molar-refractivity contribution in [1.82, 2.24) is 9.97 Å². The number of carbonyl (C=O) groups is 1. The maximum absolute atomic E-state index is 13.6. The Balaban J connectivity index is 1.57. The number of fused-ring (bicyclic) bond motifs is 3. The molecular weight excluding hydrogens is 422 g/mol. The van der Waals surface area contributed by atoms with E-state index in [-0.39, 0.29) is 5.91 Å². The number of para-hydroxylation sites is 2. The van der Waals surface area contributed by atoms with E-state index < -0.39 is 5.54 Å². The highest BCUT2D eigenvalue weighted by molar-refractivity contribution is 6.35. The Morgan fingerprint density at radius 2 is 1.91 bits per heavy atom. The monoisotopic (exact) mass is 439 g/mol. The molecule has 2 aromatic carbocycles. The number of hydrogen-bond donors (Lipinski definition) is 1. The van der Waals surface area contributed by atoms with Gasteiger partial charge in [0.05, 0.1) is 22.1 Å². The Morgan fingerprint density at radius 1 is 1.06 bits per heavy atom. The van der Waals surface area contributed by atoms with Crippen LogP contribution in [0.4, 0.5) is 11.4 Å². The Morgan fingerprint density at radius 3 is 2.75 bits per heavy atom. The van der Waals surface area contributed by atoms with Crippen molar-refractivity contribution in [2.45, 2.75) is 18.9 Å². The highest BCUT2D eigenvalue weighted by Gasteiger charge is 2.56. The van der Waals surface area contributed by atoms with Crippen LogP contribution >= 0.6 is 11.6 Å². The molecule has 0 saturated heterocycles. The molecule has 6 rings (SSSR count). The van der Waals surface area contributed by atoms with Crippen molar-refractivity contribution in [2.75, 3.05) is 10.3 Å². The zero-order valence-electron chi connectivity index (χ0n) is 17.2. The number of aryl methyl sites for hydroxylation is 1. The quantitative estimate of drug-likeness (QED) is 0.474. The van der Waals surface area contributed by atoms with Crippen LogP contribution in [0.25, 0.3) is 11.0 Å². The third-order valence-corrected chi connectivity index (χ3v) is 6.49. The van der Waals surface area contributed by atoms with Crippen molar-refractivity contribution in [1.29, 1.82) is 0 Å². The molecule has 0 bridgehead atoms. The first-order valence-electron chi connectivity index (χ1n) is 10.3. The number of rotatable bonds is 2. The van der Waals surface area contributed by atoms with Gasteiger partial charge in [0.2, 0.25) is 0 Å². The Hall–Kier alpha value is -3.77. The zero-order chi connectivity index (χ0) is 21.9. The Labute approximate surface area is 189 Å². The van der Waals surface area contributed by atoms with Crippen LogP contribution in [0.5, 0.6) is 0 Å². The van der Waals surface area contributed by atoms with Gasteiger partial charge in [-0.15, -0.1) is 0 Å². The lowest BCUT2D eigenvalue weighted by atomic mass is 9.84. The van der Waals surface area contributed by atoms with E-state index in [0.717, 1.165) is 33.6 Å². The van der Waals surface area contributed by atoms with Gasteiger partial charge in [0.1, 0.15) is 0 Å². The standard InChI is InChI=1S/C25H18ClN5O/c1-15-18(13-16-7-6-12-27-23(16)28-15)21-14-25(31(30-21)17-8-3-2-4-9-17)19-10-5-11-20(26)22(19)29-24(25)32/h2-13H,14H2,1H3,(H,29,32). The average Bonchev–Trinajstić information content (AvgIpc) is 3.34. The number of carbonyl (C=O) groups excluding carboxylic acids is 1. The molecule has 1 amide bonds. The third kappa shape index (κ3) is 2.59. The van der Waals surface area contributed by atoms with Crippen molar-refractivity contribution in [3.05, 3.63) is 94.8 Å². The fourth-order valence-electron chi connectivity index (χ4n) is 4.66. The maximum atomic E-state index is 13.6. The SMILES string of the molecule is Cc1nc2ncccc2cc1C1=NN(c2ccccc2)C2(C1)C(=O)Nc1c(Cl)cccc12. The first-order valence-corrected chi connectivity index (χ1v) is 10.7. The predicted octanol–water partition coefficient (Wildman–Crippen LogP) is 5.05. The second-order valence-electron chi connectivity index (χ2n) is 8.02. The molecule has 1 spiro atoms. The normalized spacial score (nSPS) is 19.4. The predicted molar refractivity (Wildman–Crippen MR) is 126 cm³/mol. The second kappa shape index (κ2) is 6.87. The molecule has 1 unspecified atom stereocenters. The number of nitrogens with zero attached hydrogens (tertiary/aromatic N) is 4. The molecule has 1 N–H and O–H groups in total. The minimum atomic E-state index is -1.02. The molecule has 4 heterocycles. The lowest BCUT2D eigenvalue weighted by Crippen LogP contribution is -2.46. The highest BCUT2D eigenvalue weighted by Crippen LogP contribution is 2.50. The molecular formula is C25H18ClN5O. The molecule has 2 aromatic heterocycles. The lowest BCUT2D eigenvalue weighted by molar-refractivity contribution is -0.120. The van der Waals surface area contributed by atoms with Gasteiger partial charge in [0.15, 0.2) is 11.2 Å². The number of amides is 1. The van der Waals surface area contributed by atoms with Crippen molar-refractivity contribution in [3.8, 4) is 0 Å². The first kappa shape index (κ1) is 19.0. The van der Waals surface area contributed by atoms with Crippen molar-refractivity contribution < 1.29 is 4.79 Å². The van der Waals surface area contributed by atoms with E-state index in [0.29, 0.717) is 22.8 Å². The van der Waals surface area contributed by atoms with E-state index in [4.69, 9.17) is 16.7 Å². The highest BCUT2D eigenvalue weighted by atomic mass is 35.5. The number of hydrazone groups is 1. The summed E-state index contributed by atoms with van der Waals surface area (Å²) in [5.41, 5.74) is 4.51. The fourth-order valence-corrected chi connectivity index (χ4v) is 4.88. The van der Waals surface area contributed by atoms with E-state index in [1.165, 1.54) is 0 Å². The zero-order valence-corrected chi connectivity index (χ0v) is 18.0. The van der Waals surface area contributed by atoms with Crippen LogP contribution in [0.2, 0.25) is 5.02 Å². The molecule has 2 aliphatic rings. The van der Waals surface area contributed by atoms with Crippen molar-refractivity contribution >= 4 is 45.6 Å². The summed E-state index contributed by atoms with van der Waals surface area (Å²) >= 11 is 6.45. The number of anilines is 2. The molecule has 7 heteroatoms. The van der Waals surface area contributed by atoms with Crippen LogP contribution in [0.1, 0.15) is 23.2 Å².